The number of benzene rings is 3. The van der Waals surface area contributed by atoms with Crippen LogP contribution in [-0.4, -0.2) is 19.1 Å². The minimum atomic E-state index is -0.422. The van der Waals surface area contributed by atoms with Gasteiger partial charge >= 0.3 is 0 Å². The molecule has 7 heteroatoms. The molecule has 0 saturated heterocycles. The van der Waals surface area contributed by atoms with Crippen molar-refractivity contribution in [3.8, 4) is 17.2 Å². The summed E-state index contributed by atoms with van der Waals surface area (Å²) in [6, 6.07) is 18.0. The quantitative estimate of drug-likeness (QED) is 0.243. The Kier molecular flexibility index (Phi) is 7.70. The maximum atomic E-state index is 10.8. The number of methoxy groups -OCH3 is 2. The third kappa shape index (κ3) is 5.78. The number of hydrogen-bond acceptors (Lipinski definition) is 6. The molecule has 0 aliphatic rings. The van der Waals surface area contributed by atoms with E-state index in [2.05, 4.69) is 18.0 Å². The third-order valence-electron chi connectivity index (χ3n) is 4.89. The maximum Gasteiger partial charge on any atom is 0.269 e. The van der Waals surface area contributed by atoms with Crippen LogP contribution in [0.3, 0.4) is 0 Å². The van der Waals surface area contributed by atoms with E-state index in [4.69, 9.17) is 14.2 Å². The number of rotatable bonds is 11. The topological polar surface area (TPSA) is 82.9 Å². The fourth-order valence-electron chi connectivity index (χ4n) is 3.23. The van der Waals surface area contributed by atoms with Gasteiger partial charge in [0.2, 0.25) is 0 Å². The molecule has 0 heterocycles. The fraction of sp³-hybridized carbons (Fsp3) is 0.200. The molecule has 0 unspecified atom stereocenters. The third-order valence-corrected chi connectivity index (χ3v) is 4.89. The number of nitrogens with zero attached hydrogens (tertiary/aromatic N) is 1. The highest BCUT2D eigenvalue weighted by atomic mass is 16.6. The zero-order valence-electron chi connectivity index (χ0n) is 18.2. The largest absolute Gasteiger partial charge is 0.497 e. The number of anilines is 1. The van der Waals surface area contributed by atoms with Crippen LogP contribution in [-0.2, 0) is 19.6 Å². The van der Waals surface area contributed by atoms with E-state index in [0.717, 1.165) is 28.1 Å². The minimum absolute atomic E-state index is 0.0485. The summed E-state index contributed by atoms with van der Waals surface area (Å²) in [6.07, 6.45) is 2.43. The highest BCUT2D eigenvalue weighted by Gasteiger charge is 2.14. The average Bonchev–Trinajstić information content (AvgIpc) is 2.82. The average molecular weight is 434 g/mol. The second kappa shape index (κ2) is 10.9. The van der Waals surface area contributed by atoms with Crippen molar-refractivity contribution in [2.75, 3.05) is 19.5 Å². The molecule has 3 aromatic carbocycles. The van der Waals surface area contributed by atoms with Crippen molar-refractivity contribution in [2.24, 2.45) is 0 Å². The number of ether oxygens (including phenoxy) is 3. The SMILES string of the molecule is C=CCc1cc(CNc2ccc(OC)cc2)cc(OC)c1OCc1ccc([N+](=O)[O-])cc1. The summed E-state index contributed by atoms with van der Waals surface area (Å²) >= 11 is 0. The van der Waals surface area contributed by atoms with E-state index in [1.54, 1.807) is 26.4 Å². The molecule has 32 heavy (non-hydrogen) atoms. The molecule has 0 bridgehead atoms. The van der Waals surface area contributed by atoms with Crippen molar-refractivity contribution < 1.29 is 19.1 Å². The Morgan fingerprint density at radius 3 is 2.31 bits per heavy atom. The standard InChI is InChI=1S/C25H26N2O5/c1-4-5-20-14-19(16-26-21-8-12-23(30-2)13-9-21)15-24(31-3)25(20)32-17-18-6-10-22(11-7-18)27(28)29/h4,6-15,26H,1,5,16-17H2,2-3H3. The van der Waals surface area contributed by atoms with Crippen LogP contribution in [0.25, 0.3) is 0 Å². The van der Waals surface area contributed by atoms with Crippen LogP contribution < -0.4 is 19.5 Å². The van der Waals surface area contributed by atoms with E-state index >= 15 is 0 Å². The smallest absolute Gasteiger partial charge is 0.269 e. The summed E-state index contributed by atoms with van der Waals surface area (Å²) in [5.74, 6) is 2.07. The lowest BCUT2D eigenvalue weighted by Gasteiger charge is -2.17. The Bertz CT molecular complexity index is 1060. The Hall–Kier alpha value is -4.00. The van der Waals surface area contributed by atoms with Crippen LogP contribution >= 0.6 is 0 Å². The second-order valence-corrected chi connectivity index (χ2v) is 7.07. The molecule has 0 amide bonds. The van der Waals surface area contributed by atoms with Crippen molar-refractivity contribution in [3.05, 3.63) is 100 Å². The number of non-ortho nitro benzene ring substituents is 1. The van der Waals surface area contributed by atoms with Crippen molar-refractivity contribution >= 4 is 11.4 Å². The molecule has 1 N–H and O–H groups in total. The predicted octanol–water partition coefficient (Wildman–Crippen LogP) is 5.53. The van der Waals surface area contributed by atoms with E-state index in [0.29, 0.717) is 24.5 Å². The van der Waals surface area contributed by atoms with Crippen molar-refractivity contribution in [1.29, 1.82) is 0 Å². The molecule has 0 fully saturated rings. The van der Waals surface area contributed by atoms with Gasteiger partial charge in [-0.25, -0.2) is 0 Å². The number of nitrogens with one attached hydrogen (secondary N) is 1. The van der Waals surface area contributed by atoms with Crippen LogP contribution in [0.1, 0.15) is 16.7 Å². The number of nitro benzene ring substituents is 1. The molecule has 3 rings (SSSR count). The number of hydrogen-bond donors (Lipinski definition) is 1. The van der Waals surface area contributed by atoms with E-state index in [9.17, 15) is 10.1 Å². The van der Waals surface area contributed by atoms with Gasteiger partial charge in [-0.1, -0.05) is 6.08 Å². The lowest BCUT2D eigenvalue weighted by molar-refractivity contribution is -0.384. The van der Waals surface area contributed by atoms with E-state index in [-0.39, 0.29) is 12.3 Å². The summed E-state index contributed by atoms with van der Waals surface area (Å²) in [4.78, 5) is 10.4. The molecule has 7 nitrogen and oxygen atoms in total. The second-order valence-electron chi connectivity index (χ2n) is 7.07. The fourth-order valence-corrected chi connectivity index (χ4v) is 3.23. The summed E-state index contributed by atoms with van der Waals surface area (Å²) in [5.41, 5.74) is 3.85. The molecular weight excluding hydrogens is 408 g/mol. The predicted molar refractivity (Wildman–Crippen MR) is 125 cm³/mol. The summed E-state index contributed by atoms with van der Waals surface area (Å²) in [7, 11) is 3.24. The Labute approximate surface area is 187 Å². The maximum absolute atomic E-state index is 10.8. The zero-order valence-corrected chi connectivity index (χ0v) is 18.2. The molecule has 0 aromatic heterocycles. The van der Waals surface area contributed by atoms with Crippen molar-refractivity contribution in [3.63, 3.8) is 0 Å². The van der Waals surface area contributed by atoms with Gasteiger partial charge in [-0.2, -0.15) is 0 Å². The van der Waals surface area contributed by atoms with E-state index < -0.39 is 4.92 Å². The molecule has 0 radical (unpaired) electrons. The van der Waals surface area contributed by atoms with Gasteiger partial charge < -0.3 is 19.5 Å². The molecule has 0 aliphatic heterocycles. The molecule has 166 valence electrons. The van der Waals surface area contributed by atoms with Crippen molar-refractivity contribution in [2.45, 2.75) is 19.6 Å². The van der Waals surface area contributed by atoms with E-state index in [1.807, 2.05) is 36.4 Å². The van der Waals surface area contributed by atoms with Crippen LogP contribution in [0.15, 0.2) is 73.3 Å². The molecular formula is C25H26N2O5. The van der Waals surface area contributed by atoms with Gasteiger partial charge in [-0.15, -0.1) is 6.58 Å². The first-order valence-corrected chi connectivity index (χ1v) is 10.1. The summed E-state index contributed by atoms with van der Waals surface area (Å²) in [5, 5.41) is 14.2. The molecule has 0 aliphatic carbocycles. The lowest BCUT2D eigenvalue weighted by atomic mass is 10.1. The van der Waals surface area contributed by atoms with Crippen molar-refractivity contribution in [1.82, 2.24) is 0 Å². The van der Waals surface area contributed by atoms with Gasteiger partial charge in [0, 0.05) is 29.9 Å². The molecule has 0 spiro atoms. The Morgan fingerprint density at radius 2 is 1.72 bits per heavy atom. The highest BCUT2D eigenvalue weighted by molar-refractivity contribution is 5.52. The number of nitro groups is 1. The molecule has 0 saturated carbocycles. The van der Waals surface area contributed by atoms with Gasteiger partial charge in [0.15, 0.2) is 11.5 Å². The lowest BCUT2D eigenvalue weighted by Crippen LogP contribution is -2.05. The Balaban J connectivity index is 1.76. The normalized spacial score (nSPS) is 10.3. The van der Waals surface area contributed by atoms with Crippen LogP contribution in [0.2, 0.25) is 0 Å². The van der Waals surface area contributed by atoms with E-state index in [1.165, 1.54) is 12.1 Å². The van der Waals surface area contributed by atoms with Crippen LogP contribution in [0, 0.1) is 10.1 Å². The summed E-state index contributed by atoms with van der Waals surface area (Å²) < 4.78 is 16.9. The highest BCUT2D eigenvalue weighted by Crippen LogP contribution is 2.34. The summed E-state index contributed by atoms with van der Waals surface area (Å²) in [6.45, 7) is 4.72. The van der Waals surface area contributed by atoms with Gasteiger partial charge in [0.1, 0.15) is 12.4 Å². The molecule has 3 aromatic rings. The zero-order chi connectivity index (χ0) is 22.9. The first kappa shape index (κ1) is 22.7. The van der Waals surface area contributed by atoms with Gasteiger partial charge in [0.05, 0.1) is 19.1 Å². The molecule has 0 atom stereocenters. The number of allylic oxidation sites excluding steroid dienone is 1. The van der Waals surface area contributed by atoms with Gasteiger partial charge in [-0.3, -0.25) is 10.1 Å². The first-order valence-electron chi connectivity index (χ1n) is 10.1. The van der Waals surface area contributed by atoms with Crippen LogP contribution in [0.5, 0.6) is 17.2 Å². The monoisotopic (exact) mass is 434 g/mol. The van der Waals surface area contributed by atoms with Gasteiger partial charge in [-0.05, 0) is 66.1 Å². The minimum Gasteiger partial charge on any atom is -0.497 e. The van der Waals surface area contributed by atoms with Crippen LogP contribution in [0.4, 0.5) is 11.4 Å². The first-order chi connectivity index (χ1) is 15.5. The Morgan fingerprint density at radius 1 is 1.00 bits per heavy atom. The van der Waals surface area contributed by atoms with Gasteiger partial charge in [0.25, 0.3) is 5.69 Å².